The van der Waals surface area contributed by atoms with Gasteiger partial charge in [-0.3, -0.25) is 4.79 Å². The normalized spacial score (nSPS) is 11.3. The minimum atomic E-state index is -3.39. The molecule has 1 aromatic heterocycles. The number of hydrogen-bond donors (Lipinski definition) is 1. The van der Waals surface area contributed by atoms with E-state index in [2.05, 4.69) is 10.3 Å². The van der Waals surface area contributed by atoms with Gasteiger partial charge in [-0.1, -0.05) is 17.7 Å². The minimum Gasteiger partial charge on any atom is -0.497 e. The molecule has 0 aliphatic carbocycles. The summed E-state index contributed by atoms with van der Waals surface area (Å²) >= 11 is 1.39. The fourth-order valence-corrected chi connectivity index (χ4v) is 5.10. The third-order valence-corrected chi connectivity index (χ3v) is 7.31. The zero-order valence-electron chi connectivity index (χ0n) is 17.1. The first kappa shape index (κ1) is 22.0. The first-order chi connectivity index (χ1) is 14.3. The lowest BCUT2D eigenvalue weighted by atomic mass is 10.1. The van der Waals surface area contributed by atoms with Gasteiger partial charge >= 0.3 is 0 Å². The van der Waals surface area contributed by atoms with Gasteiger partial charge in [-0.2, -0.15) is 0 Å². The molecule has 1 heterocycles. The van der Waals surface area contributed by atoms with Gasteiger partial charge in [0, 0.05) is 16.9 Å². The molecular weight excluding hydrogens is 420 g/mol. The van der Waals surface area contributed by atoms with Crippen molar-refractivity contribution in [3.05, 3.63) is 59.0 Å². The lowest BCUT2D eigenvalue weighted by molar-refractivity contribution is -0.116. The van der Waals surface area contributed by atoms with Crippen LogP contribution in [0.1, 0.15) is 23.3 Å². The maximum atomic E-state index is 12.4. The number of nitrogens with zero attached hydrogens (tertiary/aromatic N) is 1. The van der Waals surface area contributed by atoms with Gasteiger partial charge in [0.2, 0.25) is 5.91 Å². The van der Waals surface area contributed by atoms with E-state index in [-0.39, 0.29) is 29.4 Å². The zero-order chi connectivity index (χ0) is 21.7. The molecule has 30 heavy (non-hydrogen) atoms. The minimum absolute atomic E-state index is 0.0719. The first-order valence-electron chi connectivity index (χ1n) is 9.49. The number of ether oxygens (including phenoxy) is 1. The highest BCUT2D eigenvalue weighted by atomic mass is 32.2. The summed E-state index contributed by atoms with van der Waals surface area (Å²) in [6.45, 7) is 3.85. The summed E-state index contributed by atoms with van der Waals surface area (Å²) in [5, 5.41) is 3.28. The van der Waals surface area contributed by atoms with E-state index in [9.17, 15) is 13.2 Å². The molecule has 158 valence electrons. The average molecular weight is 445 g/mol. The molecule has 1 amide bonds. The maximum Gasteiger partial charge on any atom is 0.226 e. The van der Waals surface area contributed by atoms with Gasteiger partial charge in [-0.25, -0.2) is 13.4 Å². The molecule has 1 N–H and O–H groups in total. The van der Waals surface area contributed by atoms with Crippen LogP contribution in [0.4, 0.5) is 5.13 Å². The fourth-order valence-electron chi connectivity index (χ4n) is 2.93. The lowest BCUT2D eigenvalue weighted by Crippen LogP contribution is -2.14. The van der Waals surface area contributed by atoms with Crippen LogP contribution in [-0.4, -0.2) is 32.2 Å². The Hall–Kier alpha value is -2.71. The second-order valence-corrected chi connectivity index (χ2v) is 10.2. The van der Waals surface area contributed by atoms with Gasteiger partial charge in [0.15, 0.2) is 15.0 Å². The number of aromatic nitrogens is 1. The molecule has 3 aromatic rings. The van der Waals surface area contributed by atoms with Crippen LogP contribution in [0.2, 0.25) is 0 Å². The summed E-state index contributed by atoms with van der Waals surface area (Å²) in [7, 11) is -1.78. The molecule has 6 nitrogen and oxygen atoms in total. The van der Waals surface area contributed by atoms with Crippen molar-refractivity contribution in [2.75, 3.05) is 18.2 Å². The van der Waals surface area contributed by atoms with Crippen molar-refractivity contribution in [1.29, 1.82) is 0 Å². The van der Waals surface area contributed by atoms with Gasteiger partial charge in [0.05, 0.1) is 23.5 Å². The first-order valence-corrected chi connectivity index (χ1v) is 12.0. The predicted octanol–water partition coefficient (Wildman–Crippen LogP) is 4.63. The van der Waals surface area contributed by atoms with Crippen LogP contribution in [0.15, 0.2) is 53.4 Å². The van der Waals surface area contributed by atoms with Gasteiger partial charge < -0.3 is 10.1 Å². The number of amides is 1. The van der Waals surface area contributed by atoms with Crippen molar-refractivity contribution >= 4 is 32.2 Å². The highest BCUT2D eigenvalue weighted by molar-refractivity contribution is 7.91. The molecule has 3 rings (SSSR count). The SMILES string of the molecule is COc1ccc(-c2nc(NC(=O)CCCS(=O)(=O)c3ccc(C)cc3)sc2C)cc1. The number of rotatable bonds is 8. The number of carbonyl (C=O) groups is 1. The Morgan fingerprint density at radius 2 is 1.73 bits per heavy atom. The number of hydrogen-bond acceptors (Lipinski definition) is 6. The number of thiazole rings is 1. The Morgan fingerprint density at radius 3 is 2.37 bits per heavy atom. The van der Waals surface area contributed by atoms with E-state index < -0.39 is 9.84 Å². The van der Waals surface area contributed by atoms with Gasteiger partial charge in [-0.05, 0) is 56.7 Å². The monoisotopic (exact) mass is 444 g/mol. The highest BCUT2D eigenvalue weighted by Crippen LogP contribution is 2.31. The zero-order valence-corrected chi connectivity index (χ0v) is 18.8. The van der Waals surface area contributed by atoms with Gasteiger partial charge in [0.25, 0.3) is 0 Å². The van der Waals surface area contributed by atoms with Crippen molar-refractivity contribution in [2.45, 2.75) is 31.6 Å². The Labute approximate surface area is 180 Å². The Kier molecular flexibility index (Phi) is 6.89. The predicted molar refractivity (Wildman–Crippen MR) is 120 cm³/mol. The largest absolute Gasteiger partial charge is 0.497 e. The van der Waals surface area contributed by atoms with Crippen molar-refractivity contribution in [3.8, 4) is 17.0 Å². The van der Waals surface area contributed by atoms with E-state index >= 15 is 0 Å². The van der Waals surface area contributed by atoms with E-state index in [0.717, 1.165) is 27.4 Å². The molecule has 0 radical (unpaired) electrons. The molecule has 0 unspecified atom stereocenters. The quantitative estimate of drug-likeness (QED) is 0.548. The Morgan fingerprint density at radius 1 is 1.07 bits per heavy atom. The van der Waals surface area contributed by atoms with Crippen molar-refractivity contribution in [1.82, 2.24) is 4.98 Å². The molecule has 0 fully saturated rings. The molecule has 0 aliphatic heterocycles. The van der Waals surface area contributed by atoms with Crippen LogP contribution in [0.5, 0.6) is 5.75 Å². The summed E-state index contributed by atoms with van der Waals surface area (Å²) in [4.78, 5) is 18.0. The van der Waals surface area contributed by atoms with E-state index in [1.165, 1.54) is 11.3 Å². The topological polar surface area (TPSA) is 85.4 Å². The summed E-state index contributed by atoms with van der Waals surface area (Å²) in [5.74, 6) is 0.446. The van der Waals surface area contributed by atoms with Crippen LogP contribution in [0.3, 0.4) is 0 Å². The van der Waals surface area contributed by atoms with Gasteiger partial charge in [-0.15, -0.1) is 11.3 Å². The standard InChI is InChI=1S/C22H24N2O4S2/c1-15-6-12-19(13-7-15)30(26,27)14-4-5-20(25)23-22-24-21(16(2)29-22)17-8-10-18(28-3)11-9-17/h6-13H,4-5,14H2,1-3H3,(H,23,24,25). The molecule has 0 atom stereocenters. The van der Waals surface area contributed by atoms with Crippen molar-refractivity contribution in [2.24, 2.45) is 0 Å². The molecule has 0 aliphatic rings. The average Bonchev–Trinajstić information content (AvgIpc) is 3.08. The number of sulfone groups is 1. The molecule has 8 heteroatoms. The van der Waals surface area contributed by atoms with E-state index in [0.29, 0.717) is 5.13 Å². The number of carbonyl (C=O) groups excluding carboxylic acids is 1. The van der Waals surface area contributed by atoms with Crippen molar-refractivity contribution in [3.63, 3.8) is 0 Å². The van der Waals surface area contributed by atoms with E-state index in [1.807, 2.05) is 38.1 Å². The number of anilines is 1. The third kappa shape index (κ3) is 5.46. The Bertz CT molecular complexity index is 1120. The number of benzene rings is 2. The number of aryl methyl sites for hydroxylation is 2. The smallest absolute Gasteiger partial charge is 0.226 e. The molecule has 0 saturated carbocycles. The van der Waals surface area contributed by atoms with E-state index in [4.69, 9.17) is 4.74 Å². The van der Waals surface area contributed by atoms with Crippen LogP contribution >= 0.6 is 11.3 Å². The second-order valence-electron chi connectivity index (χ2n) is 6.94. The highest BCUT2D eigenvalue weighted by Gasteiger charge is 2.16. The number of methoxy groups -OCH3 is 1. The maximum absolute atomic E-state index is 12.4. The van der Waals surface area contributed by atoms with Crippen LogP contribution in [0.25, 0.3) is 11.3 Å². The third-order valence-electron chi connectivity index (χ3n) is 4.60. The Balaban J connectivity index is 1.56. The van der Waals surface area contributed by atoms with Gasteiger partial charge in [0.1, 0.15) is 5.75 Å². The molecule has 0 saturated heterocycles. The summed E-state index contributed by atoms with van der Waals surface area (Å²) in [6.07, 6.45) is 0.360. The molecule has 0 bridgehead atoms. The van der Waals surface area contributed by atoms with E-state index in [1.54, 1.807) is 31.4 Å². The summed E-state index contributed by atoms with van der Waals surface area (Å²) in [5.41, 5.74) is 2.75. The molecular formula is C22H24N2O4S2. The van der Waals surface area contributed by atoms with Crippen molar-refractivity contribution < 1.29 is 17.9 Å². The number of nitrogens with one attached hydrogen (secondary N) is 1. The van der Waals surface area contributed by atoms with Crippen LogP contribution < -0.4 is 10.1 Å². The van der Waals surface area contributed by atoms with Crippen LogP contribution in [0, 0.1) is 13.8 Å². The summed E-state index contributed by atoms with van der Waals surface area (Å²) in [6, 6.07) is 14.3. The fraction of sp³-hybridized carbons (Fsp3) is 0.273. The summed E-state index contributed by atoms with van der Waals surface area (Å²) < 4.78 is 29.9. The molecule has 0 spiro atoms. The lowest BCUT2D eigenvalue weighted by Gasteiger charge is -2.05. The van der Waals surface area contributed by atoms with Crippen LogP contribution in [-0.2, 0) is 14.6 Å². The molecule has 2 aromatic carbocycles. The second kappa shape index (κ2) is 9.40.